The topological polar surface area (TPSA) is 46.5 Å². The van der Waals surface area contributed by atoms with Crippen molar-refractivity contribution in [2.24, 2.45) is 17.3 Å². The fraction of sp³-hybridized carbons (Fsp3) is 0.640. The number of rotatable bonds is 0. The number of carbonyl (C=O) groups is 1. The maximum atomic E-state index is 13.3. The van der Waals surface area contributed by atoms with Gasteiger partial charge in [-0.05, 0) is 70.4 Å². The molecule has 3 nitrogen and oxygen atoms in total. The number of allylic oxidation sites excluding steroid dienone is 6. The van der Waals surface area contributed by atoms with Gasteiger partial charge < -0.3 is 9.84 Å². The van der Waals surface area contributed by atoms with Crippen LogP contribution < -0.4 is 0 Å². The van der Waals surface area contributed by atoms with Crippen LogP contribution in [-0.4, -0.2) is 23.6 Å². The summed E-state index contributed by atoms with van der Waals surface area (Å²) >= 11 is 0. The van der Waals surface area contributed by atoms with Crippen molar-refractivity contribution in [2.75, 3.05) is 6.61 Å². The summed E-state index contributed by atoms with van der Waals surface area (Å²) in [4.78, 5) is 13.3. The zero-order valence-corrected chi connectivity index (χ0v) is 18.2. The number of hydrogen-bond donors (Lipinski definition) is 1. The Balaban J connectivity index is 1.95. The smallest absolute Gasteiger partial charge is 0.204 e. The molecule has 3 heteroatoms. The van der Waals surface area contributed by atoms with Gasteiger partial charge in [-0.15, -0.1) is 0 Å². The average Bonchev–Trinajstić information content (AvgIpc) is 3.13. The molecule has 0 aromatic rings. The molecule has 0 radical (unpaired) electrons. The Morgan fingerprint density at radius 3 is 2.57 bits per heavy atom. The second kappa shape index (κ2) is 8.41. The minimum atomic E-state index is -0.450. The lowest BCUT2D eigenvalue weighted by Crippen LogP contribution is -2.33. The Labute approximate surface area is 170 Å². The highest BCUT2D eigenvalue weighted by Crippen LogP contribution is 2.53. The molecule has 154 valence electrons. The second-order valence-corrected chi connectivity index (χ2v) is 9.38. The molecule has 0 amide bonds. The van der Waals surface area contributed by atoms with E-state index in [1.165, 1.54) is 16.7 Å². The zero-order valence-electron chi connectivity index (χ0n) is 18.2. The third kappa shape index (κ3) is 4.05. The van der Waals surface area contributed by atoms with Crippen LogP contribution in [0.5, 0.6) is 0 Å². The average molecular weight is 385 g/mol. The van der Waals surface area contributed by atoms with E-state index < -0.39 is 11.5 Å². The molecule has 3 aliphatic rings. The molecule has 3 rings (SSSR count). The SMILES string of the molecule is CC1=CCC2(C)C(=O)C3=C(C(C)CO3)C2CC=C(C)C(O)CCC(C)=CCC1. The Hall–Kier alpha value is -1.61. The quantitative estimate of drug-likeness (QED) is 0.548. The van der Waals surface area contributed by atoms with Crippen molar-refractivity contribution in [1.29, 1.82) is 0 Å². The van der Waals surface area contributed by atoms with E-state index in [1.54, 1.807) is 0 Å². The maximum Gasteiger partial charge on any atom is 0.204 e. The lowest BCUT2D eigenvalue weighted by Gasteiger charge is -2.32. The molecule has 0 aromatic carbocycles. The molecule has 1 heterocycles. The van der Waals surface area contributed by atoms with Gasteiger partial charge >= 0.3 is 0 Å². The van der Waals surface area contributed by atoms with Crippen LogP contribution in [0.4, 0.5) is 0 Å². The van der Waals surface area contributed by atoms with Crippen molar-refractivity contribution in [3.05, 3.63) is 46.3 Å². The van der Waals surface area contributed by atoms with Crippen LogP contribution in [0.25, 0.3) is 0 Å². The van der Waals surface area contributed by atoms with Gasteiger partial charge in [0.25, 0.3) is 0 Å². The highest BCUT2D eigenvalue weighted by atomic mass is 16.5. The number of aliphatic hydroxyl groups is 1. The van der Waals surface area contributed by atoms with Gasteiger partial charge in [-0.25, -0.2) is 0 Å². The maximum absolute atomic E-state index is 13.3. The lowest BCUT2D eigenvalue weighted by molar-refractivity contribution is -0.127. The molecule has 4 unspecified atom stereocenters. The van der Waals surface area contributed by atoms with Crippen molar-refractivity contribution >= 4 is 5.78 Å². The van der Waals surface area contributed by atoms with Gasteiger partial charge in [-0.1, -0.05) is 43.2 Å². The molecule has 0 fully saturated rings. The number of carbonyl (C=O) groups excluding carboxylic acids is 1. The van der Waals surface area contributed by atoms with E-state index in [1.807, 2.05) is 6.92 Å². The zero-order chi connectivity index (χ0) is 20.5. The van der Waals surface area contributed by atoms with Gasteiger partial charge in [0.2, 0.25) is 5.78 Å². The summed E-state index contributed by atoms with van der Waals surface area (Å²) in [6.07, 6.45) is 11.6. The molecule has 2 aliphatic carbocycles. The Morgan fingerprint density at radius 1 is 1.11 bits per heavy atom. The summed E-state index contributed by atoms with van der Waals surface area (Å²) < 4.78 is 5.83. The third-order valence-electron chi connectivity index (χ3n) is 7.06. The highest BCUT2D eigenvalue weighted by molar-refractivity contribution is 6.02. The van der Waals surface area contributed by atoms with Crippen molar-refractivity contribution < 1.29 is 14.6 Å². The fourth-order valence-corrected chi connectivity index (χ4v) is 4.85. The van der Waals surface area contributed by atoms with Crippen LogP contribution in [0.3, 0.4) is 0 Å². The first-order valence-electron chi connectivity index (χ1n) is 10.8. The number of ether oxygens (including phenoxy) is 1. The molecule has 28 heavy (non-hydrogen) atoms. The summed E-state index contributed by atoms with van der Waals surface area (Å²) in [6.45, 7) is 11.2. The van der Waals surface area contributed by atoms with E-state index in [-0.39, 0.29) is 11.7 Å². The van der Waals surface area contributed by atoms with Crippen molar-refractivity contribution in [2.45, 2.75) is 79.2 Å². The monoisotopic (exact) mass is 384 g/mol. The van der Waals surface area contributed by atoms with Gasteiger partial charge in [0.1, 0.15) is 0 Å². The van der Waals surface area contributed by atoms with Gasteiger partial charge in [0.05, 0.1) is 12.7 Å². The summed E-state index contributed by atoms with van der Waals surface area (Å²) in [5.41, 5.74) is 4.47. The predicted octanol–water partition coefficient (Wildman–Crippen LogP) is 5.67. The molecular weight excluding hydrogens is 348 g/mol. The number of Topliss-reactive ketones (excluding diaryl/α,β-unsaturated/α-hetero) is 1. The molecule has 1 N–H and O–H groups in total. The Morgan fingerprint density at radius 2 is 1.82 bits per heavy atom. The normalized spacial score (nSPS) is 35.1. The standard InChI is InChI=1S/C25H36O3/c1-16-7-6-8-17(2)13-14-25(5)20(11-10-18(3)21(26)12-9-16)22-19(4)15-28-23(22)24(25)27/h7,10,13,19-21,26H,6,8-9,11-12,14-15H2,1-5H3. The summed E-state index contributed by atoms with van der Waals surface area (Å²) in [6, 6.07) is 0. The first kappa shape index (κ1) is 21.1. The van der Waals surface area contributed by atoms with E-state index in [4.69, 9.17) is 4.74 Å². The summed E-state index contributed by atoms with van der Waals surface area (Å²) in [5, 5.41) is 10.6. The second-order valence-electron chi connectivity index (χ2n) is 9.38. The van der Waals surface area contributed by atoms with Gasteiger partial charge in [-0.2, -0.15) is 0 Å². The summed E-state index contributed by atoms with van der Waals surface area (Å²) in [7, 11) is 0. The highest BCUT2D eigenvalue weighted by Gasteiger charge is 2.54. The molecule has 0 aromatic heterocycles. The van der Waals surface area contributed by atoms with E-state index in [0.717, 1.165) is 44.1 Å². The molecule has 0 saturated carbocycles. The van der Waals surface area contributed by atoms with Gasteiger partial charge in [0.15, 0.2) is 5.76 Å². The molecule has 4 atom stereocenters. The number of fused-ring (bicyclic) bond motifs is 2. The lowest BCUT2D eigenvalue weighted by atomic mass is 9.70. The minimum absolute atomic E-state index is 0.156. The van der Waals surface area contributed by atoms with E-state index in [9.17, 15) is 9.90 Å². The summed E-state index contributed by atoms with van der Waals surface area (Å²) in [5.74, 6) is 1.26. The van der Waals surface area contributed by atoms with Crippen LogP contribution in [0.15, 0.2) is 46.3 Å². The van der Waals surface area contributed by atoms with Crippen LogP contribution in [0.2, 0.25) is 0 Å². The first-order chi connectivity index (χ1) is 13.2. The van der Waals surface area contributed by atoms with E-state index >= 15 is 0 Å². The van der Waals surface area contributed by atoms with Crippen molar-refractivity contribution in [3.8, 4) is 0 Å². The third-order valence-corrected chi connectivity index (χ3v) is 7.06. The van der Waals surface area contributed by atoms with Crippen molar-refractivity contribution in [1.82, 2.24) is 0 Å². The number of ketones is 1. The van der Waals surface area contributed by atoms with E-state index in [0.29, 0.717) is 18.3 Å². The van der Waals surface area contributed by atoms with Crippen LogP contribution in [0, 0.1) is 17.3 Å². The number of hydrogen-bond acceptors (Lipinski definition) is 3. The molecule has 0 bridgehead atoms. The molecule has 1 aliphatic heterocycles. The Kier molecular flexibility index (Phi) is 6.34. The van der Waals surface area contributed by atoms with Crippen LogP contribution in [0.1, 0.15) is 73.1 Å². The molecule has 0 saturated heterocycles. The molecular formula is C25H36O3. The largest absolute Gasteiger partial charge is 0.489 e. The fourth-order valence-electron chi connectivity index (χ4n) is 4.85. The minimum Gasteiger partial charge on any atom is -0.489 e. The molecule has 0 spiro atoms. The van der Waals surface area contributed by atoms with E-state index in [2.05, 4.69) is 45.9 Å². The Bertz CT molecular complexity index is 752. The van der Waals surface area contributed by atoms with Gasteiger partial charge in [0, 0.05) is 17.3 Å². The predicted molar refractivity (Wildman–Crippen MR) is 114 cm³/mol. The van der Waals surface area contributed by atoms with Crippen molar-refractivity contribution in [3.63, 3.8) is 0 Å². The number of aliphatic hydroxyl groups excluding tert-OH is 1. The van der Waals surface area contributed by atoms with Crippen LogP contribution >= 0.6 is 0 Å². The van der Waals surface area contributed by atoms with Crippen LogP contribution in [-0.2, 0) is 9.53 Å². The first-order valence-corrected chi connectivity index (χ1v) is 10.8. The van der Waals surface area contributed by atoms with Gasteiger partial charge in [-0.3, -0.25) is 4.79 Å².